The highest BCUT2D eigenvalue weighted by atomic mass is 19.4. The summed E-state index contributed by atoms with van der Waals surface area (Å²) in [7, 11) is 0. The van der Waals surface area contributed by atoms with Crippen molar-refractivity contribution >= 4 is 11.9 Å². The number of carbonyl (C=O) groups is 2. The molecule has 0 aliphatic heterocycles. The Morgan fingerprint density at radius 1 is 0.792 bits per heavy atom. The van der Waals surface area contributed by atoms with E-state index in [-0.39, 0.29) is 5.56 Å². The molecule has 0 fully saturated rings. The van der Waals surface area contributed by atoms with E-state index < -0.39 is 35.5 Å². The van der Waals surface area contributed by atoms with E-state index in [2.05, 4.69) is 0 Å². The Morgan fingerprint density at radius 3 is 1.67 bits per heavy atom. The number of aliphatic carboxylic acids is 2. The molecule has 0 aromatic heterocycles. The van der Waals surface area contributed by atoms with Gasteiger partial charge in [0.1, 0.15) is 0 Å². The summed E-state index contributed by atoms with van der Waals surface area (Å²) in [6.45, 7) is 0. The van der Waals surface area contributed by atoms with Gasteiger partial charge in [0.2, 0.25) is 0 Å². The molecule has 4 nitrogen and oxygen atoms in total. The maximum atomic E-state index is 12.7. The van der Waals surface area contributed by atoms with Gasteiger partial charge in [-0.3, -0.25) is 9.59 Å². The number of hydrogen-bond acceptors (Lipinski definition) is 2. The van der Waals surface area contributed by atoms with Gasteiger partial charge in [-0.15, -0.1) is 0 Å². The highest BCUT2D eigenvalue weighted by Crippen LogP contribution is 2.35. The van der Waals surface area contributed by atoms with Gasteiger partial charge in [0, 0.05) is 5.92 Å². The molecule has 0 saturated heterocycles. The molecule has 2 N–H and O–H groups in total. The Bertz CT molecular complexity index is 710. The van der Waals surface area contributed by atoms with Crippen LogP contribution in [0, 0.1) is 5.92 Å². The summed E-state index contributed by atoms with van der Waals surface area (Å²) in [5, 5.41) is 18.5. The number of benzene rings is 2. The van der Waals surface area contributed by atoms with Crippen LogP contribution in [0.5, 0.6) is 0 Å². The van der Waals surface area contributed by atoms with E-state index in [9.17, 15) is 33.0 Å². The van der Waals surface area contributed by atoms with Gasteiger partial charge in [-0.25, -0.2) is 0 Å². The molecule has 24 heavy (non-hydrogen) atoms. The van der Waals surface area contributed by atoms with Crippen LogP contribution >= 0.6 is 0 Å². The first-order valence-electron chi connectivity index (χ1n) is 6.89. The summed E-state index contributed by atoms with van der Waals surface area (Å²) >= 11 is 0. The molecule has 0 spiro atoms. The average molecular weight is 338 g/mol. The van der Waals surface area contributed by atoms with Gasteiger partial charge in [-0.1, -0.05) is 42.5 Å². The van der Waals surface area contributed by atoms with Gasteiger partial charge in [0.05, 0.1) is 5.56 Å². The van der Waals surface area contributed by atoms with E-state index >= 15 is 0 Å². The summed E-state index contributed by atoms with van der Waals surface area (Å²) in [6, 6.07) is 11.8. The third-order valence-corrected chi connectivity index (χ3v) is 3.62. The summed E-state index contributed by atoms with van der Waals surface area (Å²) in [5.41, 5.74) is -0.309. The Hall–Kier alpha value is -2.83. The van der Waals surface area contributed by atoms with Gasteiger partial charge >= 0.3 is 18.1 Å². The molecule has 2 rings (SSSR count). The van der Waals surface area contributed by atoms with Crippen LogP contribution in [0.15, 0.2) is 54.6 Å². The predicted octanol–water partition coefficient (Wildman–Crippen LogP) is 3.62. The number of carboxylic acid groups (broad SMARTS) is 2. The van der Waals surface area contributed by atoms with Crippen LogP contribution in [-0.4, -0.2) is 22.2 Å². The fourth-order valence-corrected chi connectivity index (χ4v) is 2.51. The van der Waals surface area contributed by atoms with E-state index in [1.807, 2.05) is 0 Å². The summed E-state index contributed by atoms with van der Waals surface area (Å²) < 4.78 is 38.0. The van der Waals surface area contributed by atoms with Crippen molar-refractivity contribution in [1.82, 2.24) is 0 Å². The Morgan fingerprint density at radius 2 is 1.25 bits per heavy atom. The molecule has 0 saturated carbocycles. The summed E-state index contributed by atoms with van der Waals surface area (Å²) in [4.78, 5) is 22.8. The molecule has 2 aromatic rings. The normalized spacial score (nSPS) is 12.8. The molecule has 0 bridgehead atoms. The third kappa shape index (κ3) is 3.73. The minimum atomic E-state index is -4.53. The highest BCUT2D eigenvalue weighted by molar-refractivity contribution is 5.94. The van der Waals surface area contributed by atoms with Crippen LogP contribution in [0.1, 0.15) is 22.6 Å². The molecule has 126 valence electrons. The van der Waals surface area contributed by atoms with Crippen LogP contribution in [0.25, 0.3) is 0 Å². The smallest absolute Gasteiger partial charge is 0.416 e. The average Bonchev–Trinajstić information content (AvgIpc) is 2.52. The molecule has 1 atom stereocenters. The van der Waals surface area contributed by atoms with Gasteiger partial charge in [0.25, 0.3) is 0 Å². The second kappa shape index (κ2) is 6.74. The van der Waals surface area contributed by atoms with Crippen molar-refractivity contribution in [2.45, 2.75) is 12.1 Å². The monoisotopic (exact) mass is 338 g/mol. The molecule has 2 aromatic carbocycles. The minimum Gasteiger partial charge on any atom is -0.481 e. The number of alkyl halides is 3. The van der Waals surface area contributed by atoms with E-state index in [0.717, 1.165) is 24.3 Å². The van der Waals surface area contributed by atoms with E-state index in [1.54, 1.807) is 30.3 Å². The van der Waals surface area contributed by atoms with Crippen molar-refractivity contribution in [2.75, 3.05) is 0 Å². The van der Waals surface area contributed by atoms with Crippen LogP contribution in [-0.2, 0) is 15.8 Å². The quantitative estimate of drug-likeness (QED) is 0.817. The van der Waals surface area contributed by atoms with Crippen LogP contribution in [0.3, 0.4) is 0 Å². The summed E-state index contributed by atoms with van der Waals surface area (Å²) in [5.74, 6) is -6.04. The van der Waals surface area contributed by atoms with Gasteiger partial charge in [0.15, 0.2) is 5.92 Å². The zero-order valence-electron chi connectivity index (χ0n) is 12.2. The van der Waals surface area contributed by atoms with Gasteiger partial charge in [-0.05, 0) is 23.3 Å². The zero-order valence-corrected chi connectivity index (χ0v) is 12.2. The highest BCUT2D eigenvalue weighted by Gasteiger charge is 2.37. The van der Waals surface area contributed by atoms with Crippen LogP contribution in [0.4, 0.5) is 13.2 Å². The van der Waals surface area contributed by atoms with Crippen molar-refractivity contribution in [2.24, 2.45) is 5.92 Å². The molecule has 0 amide bonds. The minimum absolute atomic E-state index is 0.184. The van der Waals surface area contributed by atoms with Crippen molar-refractivity contribution in [3.8, 4) is 0 Å². The predicted molar refractivity (Wildman–Crippen MR) is 78.5 cm³/mol. The van der Waals surface area contributed by atoms with E-state index in [1.165, 1.54) is 0 Å². The Balaban J connectivity index is 2.54. The lowest BCUT2D eigenvalue weighted by Gasteiger charge is -2.22. The SMILES string of the molecule is O=C(O)C(C(=O)O)C(c1ccccc1)c1ccc(C(F)(F)F)cc1. The largest absolute Gasteiger partial charge is 0.481 e. The van der Waals surface area contributed by atoms with Gasteiger partial charge < -0.3 is 10.2 Å². The lowest BCUT2D eigenvalue weighted by atomic mass is 9.80. The molecule has 7 heteroatoms. The number of halogens is 3. The molecular formula is C17H13F3O4. The fraction of sp³-hybridized carbons (Fsp3) is 0.176. The first-order valence-corrected chi connectivity index (χ1v) is 6.89. The maximum absolute atomic E-state index is 12.7. The van der Waals surface area contributed by atoms with Crippen LogP contribution in [0.2, 0.25) is 0 Å². The summed E-state index contributed by atoms with van der Waals surface area (Å²) in [6.07, 6.45) is -4.53. The lowest BCUT2D eigenvalue weighted by molar-refractivity contribution is -0.155. The molecular weight excluding hydrogens is 325 g/mol. The van der Waals surface area contributed by atoms with Gasteiger partial charge in [-0.2, -0.15) is 13.2 Å². The lowest BCUT2D eigenvalue weighted by Crippen LogP contribution is -2.30. The Labute approximate surface area is 135 Å². The standard InChI is InChI=1S/C17H13F3O4/c18-17(19,20)12-8-6-11(7-9-12)13(10-4-2-1-3-5-10)14(15(21)22)16(23)24/h1-9,13-14H,(H,21,22)(H,23,24). The zero-order chi connectivity index (χ0) is 17.9. The van der Waals surface area contributed by atoms with Crippen molar-refractivity contribution in [3.63, 3.8) is 0 Å². The molecule has 0 radical (unpaired) electrons. The maximum Gasteiger partial charge on any atom is 0.416 e. The second-order valence-electron chi connectivity index (χ2n) is 5.16. The molecule has 0 aliphatic rings. The number of carboxylic acids is 2. The Kier molecular flexibility index (Phi) is 4.92. The van der Waals surface area contributed by atoms with Crippen molar-refractivity contribution in [1.29, 1.82) is 0 Å². The van der Waals surface area contributed by atoms with Crippen molar-refractivity contribution < 1.29 is 33.0 Å². The second-order valence-corrected chi connectivity index (χ2v) is 5.16. The molecule has 0 heterocycles. The first kappa shape index (κ1) is 17.5. The van der Waals surface area contributed by atoms with E-state index in [4.69, 9.17) is 0 Å². The van der Waals surface area contributed by atoms with E-state index in [0.29, 0.717) is 5.56 Å². The number of rotatable bonds is 5. The first-order chi connectivity index (χ1) is 11.2. The number of hydrogen-bond donors (Lipinski definition) is 2. The topological polar surface area (TPSA) is 74.6 Å². The fourth-order valence-electron chi connectivity index (χ4n) is 2.51. The van der Waals surface area contributed by atoms with Crippen LogP contribution < -0.4 is 0 Å². The molecule has 1 unspecified atom stereocenters. The molecule has 0 aliphatic carbocycles. The van der Waals surface area contributed by atoms with Crippen molar-refractivity contribution in [3.05, 3.63) is 71.3 Å². The third-order valence-electron chi connectivity index (χ3n) is 3.62.